The Balaban J connectivity index is 1.57. The summed E-state index contributed by atoms with van der Waals surface area (Å²) in [6, 6.07) is 6.07. The summed E-state index contributed by atoms with van der Waals surface area (Å²) in [5.74, 6) is 2.45. The molecule has 3 aromatic heterocycles. The van der Waals surface area contributed by atoms with Crippen molar-refractivity contribution in [3.8, 4) is 10.7 Å². The van der Waals surface area contributed by atoms with Gasteiger partial charge in [-0.1, -0.05) is 23.0 Å². The summed E-state index contributed by atoms with van der Waals surface area (Å²) in [5, 5.41) is 15.8. The molecule has 6 nitrogen and oxygen atoms in total. The van der Waals surface area contributed by atoms with Crippen LogP contribution in [0.4, 0.5) is 0 Å². The normalized spacial score (nSPS) is 17.6. The van der Waals surface area contributed by atoms with Gasteiger partial charge in [-0.05, 0) is 31.2 Å². The van der Waals surface area contributed by atoms with E-state index in [0.29, 0.717) is 5.75 Å². The van der Waals surface area contributed by atoms with Crippen LogP contribution in [-0.4, -0.2) is 32.6 Å². The van der Waals surface area contributed by atoms with Gasteiger partial charge in [-0.3, -0.25) is 4.57 Å². The van der Waals surface area contributed by atoms with E-state index < -0.39 is 0 Å². The molecule has 3 aromatic rings. The molecule has 24 heavy (non-hydrogen) atoms. The highest BCUT2D eigenvalue weighted by atomic mass is 32.2. The standard InChI is InChI=1S/C16H18N4O2S2/c1-11-8-12(19-22-11)10-24-16-18-17-15(14-5-3-7-23-14)20(16)9-13-4-2-6-21-13/h3,5,7-8,13H,2,4,6,9-10H2,1H3/t13-/m1/s1. The third-order valence-electron chi connectivity index (χ3n) is 3.89. The van der Waals surface area contributed by atoms with Crippen molar-refractivity contribution in [2.75, 3.05) is 6.61 Å². The van der Waals surface area contributed by atoms with Gasteiger partial charge >= 0.3 is 0 Å². The van der Waals surface area contributed by atoms with E-state index in [9.17, 15) is 0 Å². The lowest BCUT2D eigenvalue weighted by Gasteiger charge is -2.13. The molecule has 1 aliphatic rings. The molecule has 126 valence electrons. The maximum absolute atomic E-state index is 5.81. The van der Waals surface area contributed by atoms with Crippen molar-refractivity contribution in [1.82, 2.24) is 19.9 Å². The van der Waals surface area contributed by atoms with Crippen molar-refractivity contribution in [3.05, 3.63) is 35.0 Å². The molecule has 4 heterocycles. The van der Waals surface area contributed by atoms with E-state index >= 15 is 0 Å². The van der Waals surface area contributed by atoms with Crippen LogP contribution >= 0.6 is 23.1 Å². The highest BCUT2D eigenvalue weighted by molar-refractivity contribution is 7.98. The predicted octanol–water partition coefficient (Wildman–Crippen LogP) is 3.77. The molecule has 0 saturated carbocycles. The van der Waals surface area contributed by atoms with Gasteiger partial charge in [0.05, 0.1) is 23.2 Å². The summed E-state index contributed by atoms with van der Waals surface area (Å²) in [5.41, 5.74) is 0.918. The molecule has 0 spiro atoms. The fraction of sp³-hybridized carbons (Fsp3) is 0.438. The molecule has 0 bridgehead atoms. The SMILES string of the molecule is Cc1cc(CSc2nnc(-c3cccs3)n2C[C@H]2CCCO2)no1. The average Bonchev–Trinajstić information content (AvgIpc) is 3.34. The van der Waals surface area contributed by atoms with Crippen LogP contribution < -0.4 is 0 Å². The summed E-state index contributed by atoms with van der Waals surface area (Å²) in [6.07, 6.45) is 2.46. The second-order valence-corrected chi connectivity index (χ2v) is 7.64. The number of rotatable bonds is 6. The number of nitrogens with zero attached hydrogens (tertiary/aromatic N) is 4. The smallest absolute Gasteiger partial charge is 0.191 e. The number of aryl methyl sites for hydroxylation is 1. The minimum atomic E-state index is 0.244. The largest absolute Gasteiger partial charge is 0.376 e. The molecule has 0 unspecified atom stereocenters. The molecule has 4 rings (SSSR count). The van der Waals surface area contributed by atoms with E-state index in [1.807, 2.05) is 19.1 Å². The molecule has 1 aliphatic heterocycles. The molecule has 0 N–H and O–H groups in total. The van der Waals surface area contributed by atoms with Crippen molar-refractivity contribution in [2.24, 2.45) is 0 Å². The second-order valence-electron chi connectivity index (χ2n) is 5.75. The molecule has 8 heteroatoms. The number of hydrogen-bond acceptors (Lipinski definition) is 7. The van der Waals surface area contributed by atoms with Gasteiger partial charge in [-0.25, -0.2) is 0 Å². The van der Waals surface area contributed by atoms with Crippen LogP contribution in [0.15, 0.2) is 33.3 Å². The van der Waals surface area contributed by atoms with Gasteiger partial charge in [0.25, 0.3) is 0 Å². The highest BCUT2D eigenvalue weighted by Crippen LogP contribution is 2.30. The van der Waals surface area contributed by atoms with Gasteiger partial charge in [-0.15, -0.1) is 21.5 Å². The maximum atomic E-state index is 5.81. The average molecular weight is 362 g/mol. The number of hydrogen-bond donors (Lipinski definition) is 0. The zero-order chi connectivity index (χ0) is 16.4. The quantitative estimate of drug-likeness (QED) is 0.622. The van der Waals surface area contributed by atoms with E-state index in [1.54, 1.807) is 23.1 Å². The molecular formula is C16H18N4O2S2. The van der Waals surface area contributed by atoms with Crippen molar-refractivity contribution < 1.29 is 9.26 Å². The zero-order valence-electron chi connectivity index (χ0n) is 13.3. The Morgan fingerprint density at radius 1 is 1.42 bits per heavy atom. The first-order chi connectivity index (χ1) is 11.8. The summed E-state index contributed by atoms with van der Waals surface area (Å²) >= 11 is 3.31. The van der Waals surface area contributed by atoms with Gasteiger partial charge in [0.15, 0.2) is 11.0 Å². The summed E-state index contributed by atoms with van der Waals surface area (Å²) in [6.45, 7) is 3.54. The van der Waals surface area contributed by atoms with Gasteiger partial charge < -0.3 is 9.26 Å². The molecule has 1 atom stereocenters. The molecule has 1 fully saturated rings. The van der Waals surface area contributed by atoms with Gasteiger partial charge in [0.2, 0.25) is 0 Å². The lowest BCUT2D eigenvalue weighted by Crippen LogP contribution is -2.16. The van der Waals surface area contributed by atoms with Crippen molar-refractivity contribution in [3.63, 3.8) is 0 Å². The number of thiophene rings is 1. The van der Waals surface area contributed by atoms with Crippen molar-refractivity contribution in [1.29, 1.82) is 0 Å². The van der Waals surface area contributed by atoms with Gasteiger partial charge in [-0.2, -0.15) is 0 Å². The van der Waals surface area contributed by atoms with Crippen LogP contribution in [0, 0.1) is 6.92 Å². The fourth-order valence-electron chi connectivity index (χ4n) is 2.76. The fourth-order valence-corrected chi connectivity index (χ4v) is 4.31. The summed E-state index contributed by atoms with van der Waals surface area (Å²) < 4.78 is 13.1. The van der Waals surface area contributed by atoms with Crippen LogP contribution in [0.25, 0.3) is 10.7 Å². The third kappa shape index (κ3) is 3.40. The van der Waals surface area contributed by atoms with Crippen LogP contribution in [0.5, 0.6) is 0 Å². The second kappa shape index (κ2) is 7.08. The Bertz CT molecular complexity index is 791. The number of thioether (sulfide) groups is 1. The molecule has 0 aromatic carbocycles. The first-order valence-electron chi connectivity index (χ1n) is 7.93. The summed E-state index contributed by atoms with van der Waals surface area (Å²) in [7, 11) is 0. The maximum Gasteiger partial charge on any atom is 0.191 e. The van der Waals surface area contributed by atoms with E-state index in [4.69, 9.17) is 9.26 Å². The Morgan fingerprint density at radius 3 is 3.08 bits per heavy atom. The Labute approximate surface area is 148 Å². The van der Waals surface area contributed by atoms with E-state index in [2.05, 4.69) is 31.4 Å². The molecule has 1 saturated heterocycles. The lowest BCUT2D eigenvalue weighted by molar-refractivity contribution is 0.0953. The first-order valence-corrected chi connectivity index (χ1v) is 9.80. The molecule has 0 aliphatic carbocycles. The molecule has 0 radical (unpaired) electrons. The van der Waals surface area contributed by atoms with Crippen molar-refractivity contribution in [2.45, 2.75) is 43.3 Å². The van der Waals surface area contributed by atoms with Gasteiger partial charge in [0, 0.05) is 18.4 Å². The van der Waals surface area contributed by atoms with Crippen LogP contribution in [-0.2, 0) is 17.0 Å². The summed E-state index contributed by atoms with van der Waals surface area (Å²) in [4.78, 5) is 1.13. The Hall–Kier alpha value is -1.64. The first kappa shape index (κ1) is 15.9. The van der Waals surface area contributed by atoms with Gasteiger partial charge in [0.1, 0.15) is 5.76 Å². The zero-order valence-corrected chi connectivity index (χ0v) is 15.0. The third-order valence-corrected chi connectivity index (χ3v) is 5.76. The number of aromatic nitrogens is 4. The van der Waals surface area contributed by atoms with Crippen LogP contribution in [0.2, 0.25) is 0 Å². The lowest BCUT2D eigenvalue weighted by atomic mass is 10.2. The van der Waals surface area contributed by atoms with Crippen LogP contribution in [0.1, 0.15) is 24.3 Å². The Morgan fingerprint density at radius 2 is 2.38 bits per heavy atom. The number of ether oxygens (including phenoxy) is 1. The van der Waals surface area contributed by atoms with Crippen molar-refractivity contribution >= 4 is 23.1 Å². The molecule has 0 amide bonds. The molecular weight excluding hydrogens is 344 g/mol. The highest BCUT2D eigenvalue weighted by Gasteiger charge is 2.22. The minimum absolute atomic E-state index is 0.244. The van der Waals surface area contributed by atoms with E-state index in [-0.39, 0.29) is 6.10 Å². The minimum Gasteiger partial charge on any atom is -0.376 e. The van der Waals surface area contributed by atoms with E-state index in [0.717, 1.165) is 53.3 Å². The Kier molecular flexibility index (Phi) is 4.68. The topological polar surface area (TPSA) is 66.0 Å². The van der Waals surface area contributed by atoms with Crippen LogP contribution in [0.3, 0.4) is 0 Å². The predicted molar refractivity (Wildman–Crippen MR) is 93.1 cm³/mol. The monoisotopic (exact) mass is 362 g/mol. The van der Waals surface area contributed by atoms with E-state index in [1.165, 1.54) is 0 Å².